The molecule has 1 aromatic carbocycles. The fraction of sp³-hybridized carbons (Fsp3) is 0.263. The van der Waals surface area contributed by atoms with Crippen molar-refractivity contribution in [1.29, 1.82) is 0 Å². The summed E-state index contributed by atoms with van der Waals surface area (Å²) < 4.78 is 2.18. The number of nitrogens with one attached hydrogen (secondary N) is 1. The van der Waals surface area contributed by atoms with E-state index in [2.05, 4.69) is 41.0 Å². The summed E-state index contributed by atoms with van der Waals surface area (Å²) in [6.45, 7) is 4.86. The maximum Gasteiger partial charge on any atom is 0.251 e. The first-order chi connectivity index (χ1) is 11.1. The first kappa shape index (κ1) is 15.3. The second kappa shape index (κ2) is 6.65. The second-order valence-electron chi connectivity index (χ2n) is 5.92. The average Bonchev–Trinajstić information content (AvgIpc) is 2.99. The number of amides is 1. The molecule has 3 aromatic rings. The van der Waals surface area contributed by atoms with Crippen LogP contribution in [-0.4, -0.2) is 22.0 Å². The van der Waals surface area contributed by atoms with Crippen LogP contribution < -0.4 is 5.32 Å². The minimum absolute atomic E-state index is 0.0423. The van der Waals surface area contributed by atoms with E-state index in [-0.39, 0.29) is 5.91 Å². The number of hydrogen-bond donors (Lipinski definition) is 1. The Hall–Kier alpha value is -2.62. The first-order valence-electron chi connectivity index (χ1n) is 7.94. The van der Waals surface area contributed by atoms with E-state index in [4.69, 9.17) is 0 Å². The van der Waals surface area contributed by atoms with Crippen LogP contribution >= 0.6 is 0 Å². The number of hydrogen-bond acceptors (Lipinski definition) is 2. The molecule has 23 heavy (non-hydrogen) atoms. The molecule has 118 valence electrons. The molecule has 2 aromatic heterocycles. The number of aromatic nitrogens is 2. The van der Waals surface area contributed by atoms with Crippen LogP contribution in [0.25, 0.3) is 10.9 Å². The van der Waals surface area contributed by atoms with Crippen molar-refractivity contribution < 1.29 is 4.79 Å². The van der Waals surface area contributed by atoms with E-state index in [0.717, 1.165) is 23.0 Å². The fourth-order valence-electron chi connectivity index (χ4n) is 2.69. The number of rotatable bonds is 5. The normalized spacial score (nSPS) is 11.1. The molecule has 0 aliphatic carbocycles. The SMILES string of the molecule is CC(C)n1ccc2ccc(C(=O)NCCc3ccccn3)cc21. The van der Waals surface area contributed by atoms with E-state index >= 15 is 0 Å². The second-order valence-corrected chi connectivity index (χ2v) is 5.92. The van der Waals surface area contributed by atoms with Gasteiger partial charge in [0.15, 0.2) is 0 Å². The Balaban J connectivity index is 1.69. The lowest BCUT2D eigenvalue weighted by atomic mass is 10.1. The number of fused-ring (bicyclic) bond motifs is 1. The molecule has 4 nitrogen and oxygen atoms in total. The van der Waals surface area contributed by atoms with Crippen molar-refractivity contribution in [2.75, 3.05) is 6.54 Å². The van der Waals surface area contributed by atoms with Crippen LogP contribution in [0.2, 0.25) is 0 Å². The standard InChI is InChI=1S/C19H21N3O/c1-14(2)22-12-9-15-6-7-16(13-18(15)22)19(23)21-11-8-17-5-3-4-10-20-17/h3-7,9-10,12-14H,8,11H2,1-2H3,(H,21,23). The van der Waals surface area contributed by atoms with Crippen LogP contribution in [0.4, 0.5) is 0 Å². The van der Waals surface area contributed by atoms with Gasteiger partial charge in [0.05, 0.1) is 0 Å². The van der Waals surface area contributed by atoms with Crippen LogP contribution in [0.3, 0.4) is 0 Å². The molecule has 0 saturated heterocycles. The molecular weight excluding hydrogens is 286 g/mol. The van der Waals surface area contributed by atoms with Gasteiger partial charge in [-0.05, 0) is 49.6 Å². The monoisotopic (exact) mass is 307 g/mol. The highest BCUT2D eigenvalue weighted by atomic mass is 16.1. The summed E-state index contributed by atoms with van der Waals surface area (Å²) >= 11 is 0. The Morgan fingerprint density at radius 1 is 1.22 bits per heavy atom. The van der Waals surface area contributed by atoms with E-state index in [1.807, 2.05) is 36.4 Å². The molecule has 4 heteroatoms. The molecule has 1 amide bonds. The molecule has 0 bridgehead atoms. The summed E-state index contributed by atoms with van der Waals surface area (Å²) in [6, 6.07) is 14.1. The quantitative estimate of drug-likeness (QED) is 0.783. The molecule has 0 aliphatic rings. The minimum Gasteiger partial charge on any atom is -0.352 e. The summed E-state index contributed by atoms with van der Waals surface area (Å²) in [5.74, 6) is -0.0423. The third-order valence-electron chi connectivity index (χ3n) is 3.93. The Bertz CT molecular complexity index is 806. The lowest BCUT2D eigenvalue weighted by molar-refractivity contribution is 0.0954. The third-order valence-corrected chi connectivity index (χ3v) is 3.93. The largest absolute Gasteiger partial charge is 0.352 e. The smallest absolute Gasteiger partial charge is 0.251 e. The summed E-state index contributed by atoms with van der Waals surface area (Å²) in [4.78, 5) is 16.6. The Morgan fingerprint density at radius 3 is 2.83 bits per heavy atom. The Morgan fingerprint density at radius 2 is 2.09 bits per heavy atom. The summed E-state index contributed by atoms with van der Waals surface area (Å²) in [5, 5.41) is 4.12. The van der Waals surface area contributed by atoms with Crippen LogP contribution in [0, 0.1) is 0 Å². The van der Waals surface area contributed by atoms with Gasteiger partial charge in [0.25, 0.3) is 5.91 Å². The van der Waals surface area contributed by atoms with E-state index in [1.165, 1.54) is 0 Å². The van der Waals surface area contributed by atoms with Crippen LogP contribution in [0.5, 0.6) is 0 Å². The summed E-state index contributed by atoms with van der Waals surface area (Å²) in [6.07, 6.45) is 4.57. The maximum absolute atomic E-state index is 12.3. The van der Waals surface area contributed by atoms with Crippen LogP contribution in [0.1, 0.15) is 35.9 Å². The molecule has 3 rings (SSSR count). The average molecular weight is 307 g/mol. The summed E-state index contributed by atoms with van der Waals surface area (Å²) in [7, 11) is 0. The number of pyridine rings is 1. The maximum atomic E-state index is 12.3. The molecule has 2 heterocycles. The Labute approximate surface area is 136 Å². The molecule has 0 unspecified atom stereocenters. The Kier molecular flexibility index (Phi) is 4.42. The third kappa shape index (κ3) is 3.42. The molecule has 0 fully saturated rings. The van der Waals surface area contributed by atoms with Gasteiger partial charge in [-0.1, -0.05) is 12.1 Å². The van der Waals surface area contributed by atoms with E-state index < -0.39 is 0 Å². The zero-order valence-electron chi connectivity index (χ0n) is 13.5. The molecule has 0 aliphatic heterocycles. The van der Waals surface area contributed by atoms with Gasteiger partial charge in [-0.2, -0.15) is 0 Å². The number of benzene rings is 1. The number of nitrogens with zero attached hydrogens (tertiary/aromatic N) is 2. The van der Waals surface area contributed by atoms with Crippen molar-refractivity contribution in [3.05, 3.63) is 66.1 Å². The van der Waals surface area contributed by atoms with Gasteiger partial charge in [-0.15, -0.1) is 0 Å². The molecule has 0 atom stereocenters. The van der Waals surface area contributed by atoms with Crippen molar-refractivity contribution in [1.82, 2.24) is 14.9 Å². The van der Waals surface area contributed by atoms with Gasteiger partial charge in [0.2, 0.25) is 0 Å². The van der Waals surface area contributed by atoms with Crippen LogP contribution in [-0.2, 0) is 6.42 Å². The van der Waals surface area contributed by atoms with Gasteiger partial charge in [0, 0.05) is 48.2 Å². The van der Waals surface area contributed by atoms with Gasteiger partial charge in [-0.25, -0.2) is 0 Å². The predicted molar refractivity (Wildman–Crippen MR) is 92.6 cm³/mol. The van der Waals surface area contributed by atoms with E-state index in [0.29, 0.717) is 18.2 Å². The zero-order chi connectivity index (χ0) is 16.2. The predicted octanol–water partition coefficient (Wildman–Crippen LogP) is 3.59. The molecule has 0 radical (unpaired) electrons. The van der Waals surface area contributed by atoms with Crippen molar-refractivity contribution in [3.8, 4) is 0 Å². The van der Waals surface area contributed by atoms with Gasteiger partial charge >= 0.3 is 0 Å². The van der Waals surface area contributed by atoms with E-state index in [9.17, 15) is 4.79 Å². The summed E-state index contributed by atoms with van der Waals surface area (Å²) in [5.41, 5.74) is 2.77. The van der Waals surface area contributed by atoms with Crippen LogP contribution in [0.15, 0.2) is 54.9 Å². The highest BCUT2D eigenvalue weighted by Gasteiger charge is 2.09. The van der Waals surface area contributed by atoms with Gasteiger partial charge < -0.3 is 9.88 Å². The van der Waals surface area contributed by atoms with Crippen molar-refractivity contribution in [2.45, 2.75) is 26.3 Å². The topological polar surface area (TPSA) is 46.9 Å². The minimum atomic E-state index is -0.0423. The molecular formula is C19H21N3O. The highest BCUT2D eigenvalue weighted by Crippen LogP contribution is 2.21. The number of carbonyl (C=O) groups excluding carboxylic acids is 1. The van der Waals surface area contributed by atoms with Crippen molar-refractivity contribution >= 4 is 16.8 Å². The fourth-order valence-corrected chi connectivity index (χ4v) is 2.69. The lowest BCUT2D eigenvalue weighted by Gasteiger charge is -2.10. The van der Waals surface area contributed by atoms with E-state index in [1.54, 1.807) is 6.20 Å². The number of carbonyl (C=O) groups is 1. The zero-order valence-corrected chi connectivity index (χ0v) is 13.5. The lowest BCUT2D eigenvalue weighted by Crippen LogP contribution is -2.25. The first-order valence-corrected chi connectivity index (χ1v) is 7.94. The van der Waals surface area contributed by atoms with Crippen molar-refractivity contribution in [3.63, 3.8) is 0 Å². The van der Waals surface area contributed by atoms with Gasteiger partial charge in [0.1, 0.15) is 0 Å². The molecule has 0 saturated carbocycles. The molecule has 0 spiro atoms. The van der Waals surface area contributed by atoms with Crippen molar-refractivity contribution in [2.24, 2.45) is 0 Å². The highest BCUT2D eigenvalue weighted by molar-refractivity contribution is 5.98. The van der Waals surface area contributed by atoms with Gasteiger partial charge in [-0.3, -0.25) is 9.78 Å². The molecule has 1 N–H and O–H groups in total.